The Morgan fingerprint density at radius 3 is 2.75 bits per heavy atom. The van der Waals surface area contributed by atoms with Crippen molar-refractivity contribution < 1.29 is 17.9 Å². The Morgan fingerprint density at radius 2 is 2.12 bits per heavy atom. The van der Waals surface area contributed by atoms with E-state index in [9.17, 15) is 13.2 Å². The highest BCUT2D eigenvalue weighted by Crippen LogP contribution is 2.23. The van der Waals surface area contributed by atoms with Crippen molar-refractivity contribution in [2.24, 2.45) is 0 Å². The highest BCUT2D eigenvalue weighted by molar-refractivity contribution is 7.13. The third-order valence-electron chi connectivity index (χ3n) is 1.93. The monoisotopic (exact) mass is 253 g/mol. The smallest absolute Gasteiger partial charge is 0.422 e. The summed E-state index contributed by atoms with van der Waals surface area (Å²) in [6.07, 6.45) is -2.04. The van der Waals surface area contributed by atoms with Crippen molar-refractivity contribution in [1.29, 1.82) is 0 Å². The van der Waals surface area contributed by atoms with E-state index in [1.807, 2.05) is 0 Å². The van der Waals surface area contributed by atoms with Crippen LogP contribution in [0.2, 0.25) is 0 Å². The Labute approximate surface area is 93.8 Å². The minimum absolute atomic E-state index is 0.0371. The molecule has 1 saturated carbocycles. The largest absolute Gasteiger partial charge is 0.459 e. The first-order valence-electron chi connectivity index (χ1n) is 4.78. The van der Waals surface area contributed by atoms with Gasteiger partial charge in [-0.2, -0.15) is 13.2 Å². The van der Waals surface area contributed by atoms with Gasteiger partial charge in [-0.1, -0.05) is 11.3 Å². The number of halogens is 3. The van der Waals surface area contributed by atoms with Crippen molar-refractivity contribution in [2.75, 3.05) is 6.61 Å². The van der Waals surface area contributed by atoms with Crippen LogP contribution in [0.3, 0.4) is 0 Å². The van der Waals surface area contributed by atoms with Crippen LogP contribution in [0.15, 0.2) is 0 Å². The fourth-order valence-electron chi connectivity index (χ4n) is 1.03. The van der Waals surface area contributed by atoms with E-state index >= 15 is 0 Å². The topological polar surface area (TPSA) is 47.0 Å². The summed E-state index contributed by atoms with van der Waals surface area (Å²) in [4.78, 5) is 0. The molecule has 0 aromatic carbocycles. The molecule has 1 fully saturated rings. The van der Waals surface area contributed by atoms with Gasteiger partial charge in [-0.15, -0.1) is 10.2 Å². The number of alkyl halides is 3. The van der Waals surface area contributed by atoms with E-state index in [1.54, 1.807) is 0 Å². The number of nitrogens with one attached hydrogen (secondary N) is 1. The van der Waals surface area contributed by atoms with Gasteiger partial charge in [0.1, 0.15) is 5.01 Å². The first-order valence-corrected chi connectivity index (χ1v) is 5.60. The number of rotatable bonds is 5. The molecule has 1 aliphatic rings. The number of hydrogen-bond donors (Lipinski definition) is 1. The predicted octanol–water partition coefficient (Wildman–Crippen LogP) is 1.73. The molecule has 0 aliphatic heterocycles. The third kappa shape index (κ3) is 3.93. The Kier molecular flexibility index (Phi) is 3.29. The number of nitrogens with zero attached hydrogens (tertiary/aromatic N) is 2. The summed E-state index contributed by atoms with van der Waals surface area (Å²) in [5, 5.41) is 11.0. The zero-order valence-electron chi connectivity index (χ0n) is 8.25. The molecule has 16 heavy (non-hydrogen) atoms. The summed E-state index contributed by atoms with van der Waals surface area (Å²) in [6, 6.07) is 0.531. The normalized spacial score (nSPS) is 16.4. The van der Waals surface area contributed by atoms with Gasteiger partial charge in [0.2, 0.25) is 0 Å². The summed E-state index contributed by atoms with van der Waals surface area (Å²) < 4.78 is 40.0. The molecule has 1 aromatic heterocycles. The van der Waals surface area contributed by atoms with Crippen LogP contribution in [0.25, 0.3) is 0 Å². The van der Waals surface area contributed by atoms with E-state index in [4.69, 9.17) is 0 Å². The van der Waals surface area contributed by atoms with Gasteiger partial charge in [0.15, 0.2) is 6.61 Å². The van der Waals surface area contributed by atoms with Gasteiger partial charge < -0.3 is 10.1 Å². The summed E-state index contributed by atoms with van der Waals surface area (Å²) in [7, 11) is 0. The first-order chi connectivity index (χ1) is 7.53. The molecule has 1 aliphatic carbocycles. The molecule has 0 atom stereocenters. The minimum atomic E-state index is -4.34. The lowest BCUT2D eigenvalue weighted by molar-refractivity contribution is -0.153. The van der Waals surface area contributed by atoms with Crippen molar-refractivity contribution in [3.05, 3.63) is 5.01 Å². The summed E-state index contributed by atoms with van der Waals surface area (Å²) in [5.41, 5.74) is 0. The SMILES string of the molecule is FC(F)(F)COc1nnc(CNC2CC2)s1. The van der Waals surface area contributed by atoms with Crippen molar-refractivity contribution in [2.45, 2.75) is 31.6 Å². The highest BCUT2D eigenvalue weighted by atomic mass is 32.1. The Bertz CT molecular complexity index is 351. The molecule has 1 aromatic rings. The van der Waals surface area contributed by atoms with Crippen LogP contribution in [0.5, 0.6) is 5.19 Å². The van der Waals surface area contributed by atoms with Crippen LogP contribution in [0, 0.1) is 0 Å². The van der Waals surface area contributed by atoms with Gasteiger partial charge in [-0.25, -0.2) is 0 Å². The Morgan fingerprint density at radius 1 is 1.38 bits per heavy atom. The summed E-state index contributed by atoms with van der Waals surface area (Å²) >= 11 is 1.04. The lowest BCUT2D eigenvalue weighted by Crippen LogP contribution is -2.19. The fourth-order valence-corrected chi connectivity index (χ4v) is 1.67. The molecular weight excluding hydrogens is 243 g/mol. The van der Waals surface area contributed by atoms with Crippen LogP contribution >= 0.6 is 11.3 Å². The van der Waals surface area contributed by atoms with E-state index in [2.05, 4.69) is 20.3 Å². The minimum Gasteiger partial charge on any atom is -0.459 e. The van der Waals surface area contributed by atoms with Gasteiger partial charge in [0.05, 0.1) is 6.54 Å². The van der Waals surface area contributed by atoms with Gasteiger partial charge in [-0.05, 0) is 12.8 Å². The molecule has 0 amide bonds. The lowest BCUT2D eigenvalue weighted by Gasteiger charge is -2.04. The van der Waals surface area contributed by atoms with Crippen molar-refractivity contribution in [1.82, 2.24) is 15.5 Å². The predicted molar refractivity (Wildman–Crippen MR) is 51.3 cm³/mol. The van der Waals surface area contributed by atoms with E-state index in [0.29, 0.717) is 17.6 Å². The molecule has 0 saturated heterocycles. The molecular formula is C8H10F3N3OS. The zero-order valence-corrected chi connectivity index (χ0v) is 9.07. The molecule has 8 heteroatoms. The molecule has 90 valence electrons. The maximum atomic E-state index is 11.8. The maximum absolute atomic E-state index is 11.8. The second-order valence-corrected chi connectivity index (χ2v) is 4.55. The van der Waals surface area contributed by atoms with Gasteiger partial charge in [0, 0.05) is 6.04 Å². The Balaban J connectivity index is 1.77. The molecule has 0 unspecified atom stereocenters. The highest BCUT2D eigenvalue weighted by Gasteiger charge is 2.29. The number of aromatic nitrogens is 2. The molecule has 4 nitrogen and oxygen atoms in total. The van der Waals surface area contributed by atoms with Crippen LogP contribution in [0.4, 0.5) is 13.2 Å². The number of hydrogen-bond acceptors (Lipinski definition) is 5. The van der Waals surface area contributed by atoms with Crippen molar-refractivity contribution >= 4 is 11.3 Å². The molecule has 0 radical (unpaired) electrons. The Hall–Kier alpha value is -0.890. The quantitative estimate of drug-likeness (QED) is 0.868. The van der Waals surface area contributed by atoms with Gasteiger partial charge >= 0.3 is 6.18 Å². The van der Waals surface area contributed by atoms with Crippen molar-refractivity contribution in [3.8, 4) is 5.19 Å². The summed E-state index contributed by atoms with van der Waals surface area (Å²) in [5.74, 6) is 0. The fraction of sp³-hybridized carbons (Fsp3) is 0.750. The average Bonchev–Trinajstić information content (AvgIpc) is 2.91. The van der Waals surface area contributed by atoms with E-state index in [-0.39, 0.29) is 5.19 Å². The van der Waals surface area contributed by atoms with Crippen LogP contribution in [-0.4, -0.2) is 29.0 Å². The van der Waals surface area contributed by atoms with Crippen LogP contribution in [-0.2, 0) is 6.54 Å². The molecule has 1 N–H and O–H groups in total. The summed E-state index contributed by atoms with van der Waals surface area (Å²) in [6.45, 7) is -0.782. The van der Waals surface area contributed by atoms with E-state index < -0.39 is 12.8 Å². The third-order valence-corrected chi connectivity index (χ3v) is 2.76. The van der Waals surface area contributed by atoms with Gasteiger partial charge in [-0.3, -0.25) is 0 Å². The van der Waals surface area contributed by atoms with Crippen LogP contribution in [0.1, 0.15) is 17.8 Å². The molecule has 0 spiro atoms. The maximum Gasteiger partial charge on any atom is 0.422 e. The average molecular weight is 253 g/mol. The van der Waals surface area contributed by atoms with Crippen molar-refractivity contribution in [3.63, 3.8) is 0 Å². The molecule has 2 rings (SSSR count). The second-order valence-electron chi connectivity index (χ2n) is 3.52. The van der Waals surface area contributed by atoms with Gasteiger partial charge in [0.25, 0.3) is 5.19 Å². The van der Waals surface area contributed by atoms with Crippen LogP contribution < -0.4 is 10.1 Å². The lowest BCUT2D eigenvalue weighted by atomic mass is 10.6. The van der Waals surface area contributed by atoms with E-state index in [0.717, 1.165) is 24.2 Å². The standard InChI is InChI=1S/C8H10F3N3OS/c9-8(10,11)4-15-7-14-13-6(16-7)3-12-5-1-2-5/h5,12H,1-4H2. The number of ether oxygens (including phenoxy) is 1. The van der Waals surface area contributed by atoms with E-state index in [1.165, 1.54) is 0 Å². The zero-order chi connectivity index (χ0) is 11.6. The second kappa shape index (κ2) is 4.54. The molecule has 1 heterocycles. The first kappa shape index (κ1) is 11.6. The molecule has 0 bridgehead atoms.